The Morgan fingerprint density at radius 1 is 1.18 bits per heavy atom. The summed E-state index contributed by atoms with van der Waals surface area (Å²) in [6, 6.07) is 7.29. The molecule has 0 unspecified atom stereocenters. The maximum Gasteiger partial charge on any atom is 0.433 e. The van der Waals surface area contributed by atoms with Crippen molar-refractivity contribution in [3.63, 3.8) is 0 Å². The summed E-state index contributed by atoms with van der Waals surface area (Å²) in [4.78, 5) is 18.0. The molecule has 7 rings (SSSR count). The molecule has 236 valence electrons. The van der Waals surface area contributed by atoms with Crippen LogP contribution in [0.1, 0.15) is 56.2 Å². The summed E-state index contributed by atoms with van der Waals surface area (Å²) in [5.41, 5.74) is 1.49. The summed E-state index contributed by atoms with van der Waals surface area (Å²) in [7, 11) is 0. The SMILES string of the molecule is N#CC[C@]1(n2cc(-c3ncnc4[nH]ccc34)cn2)C[C@H](N2CCC(Oc3cc(CN[C@H]4C[C@@H](O)C4)cc(C(F)(F)F)n3)CC2)C1. The first kappa shape index (κ1) is 29.6. The van der Waals surface area contributed by atoms with Crippen molar-refractivity contribution in [2.24, 2.45) is 0 Å². The predicted molar refractivity (Wildman–Crippen MR) is 157 cm³/mol. The summed E-state index contributed by atoms with van der Waals surface area (Å²) >= 11 is 0. The number of likely N-dealkylation sites (tertiary alicyclic amines) is 1. The molecule has 1 saturated heterocycles. The lowest BCUT2D eigenvalue weighted by Gasteiger charge is -2.52. The van der Waals surface area contributed by atoms with Gasteiger partial charge in [-0.05, 0) is 56.2 Å². The Hall–Kier alpha value is -4.06. The van der Waals surface area contributed by atoms with Crippen LogP contribution in [0.25, 0.3) is 22.3 Å². The molecule has 0 atom stereocenters. The third kappa shape index (κ3) is 5.99. The fraction of sp³-hybridized carbons (Fsp3) is 0.516. The van der Waals surface area contributed by atoms with Gasteiger partial charge in [-0.3, -0.25) is 9.58 Å². The van der Waals surface area contributed by atoms with E-state index in [0.717, 1.165) is 54.3 Å². The number of H-pyrrole nitrogens is 1. The van der Waals surface area contributed by atoms with E-state index in [2.05, 4.69) is 41.3 Å². The molecule has 4 aromatic rings. The van der Waals surface area contributed by atoms with Gasteiger partial charge in [0.2, 0.25) is 5.88 Å². The molecule has 0 amide bonds. The van der Waals surface area contributed by atoms with Gasteiger partial charge < -0.3 is 20.1 Å². The van der Waals surface area contributed by atoms with E-state index in [1.807, 2.05) is 23.1 Å². The lowest BCUT2D eigenvalue weighted by molar-refractivity contribution is -0.141. The van der Waals surface area contributed by atoms with Crippen LogP contribution < -0.4 is 10.1 Å². The highest BCUT2D eigenvalue weighted by molar-refractivity contribution is 5.90. The minimum Gasteiger partial charge on any atom is -0.474 e. The number of nitrogens with zero attached hydrogens (tertiary/aromatic N) is 7. The van der Waals surface area contributed by atoms with Crippen molar-refractivity contribution in [1.29, 1.82) is 5.26 Å². The van der Waals surface area contributed by atoms with Crippen LogP contribution in [0, 0.1) is 11.3 Å². The Labute approximate surface area is 257 Å². The largest absolute Gasteiger partial charge is 0.474 e. The number of aromatic nitrogens is 6. The molecule has 14 heteroatoms. The average molecular weight is 622 g/mol. The van der Waals surface area contributed by atoms with E-state index in [-0.39, 0.29) is 36.7 Å². The maximum atomic E-state index is 13.6. The minimum absolute atomic E-state index is 0.0134. The zero-order valence-electron chi connectivity index (χ0n) is 24.5. The van der Waals surface area contributed by atoms with Crippen LogP contribution in [0.5, 0.6) is 5.88 Å². The van der Waals surface area contributed by atoms with Gasteiger partial charge in [-0.25, -0.2) is 15.0 Å². The Morgan fingerprint density at radius 2 is 1.98 bits per heavy atom. The Kier molecular flexibility index (Phi) is 7.71. The second-order valence-corrected chi connectivity index (χ2v) is 12.5. The normalized spacial score (nSPS) is 25.9. The van der Waals surface area contributed by atoms with E-state index in [9.17, 15) is 23.5 Å². The summed E-state index contributed by atoms with van der Waals surface area (Å²) in [6.07, 6.45) is 6.35. The lowest BCUT2D eigenvalue weighted by atomic mass is 9.69. The second-order valence-electron chi connectivity index (χ2n) is 12.5. The summed E-state index contributed by atoms with van der Waals surface area (Å²) in [5, 5.41) is 27.9. The third-order valence-electron chi connectivity index (χ3n) is 9.48. The smallest absolute Gasteiger partial charge is 0.433 e. The first-order valence-corrected chi connectivity index (χ1v) is 15.3. The molecule has 3 fully saturated rings. The van der Waals surface area contributed by atoms with Crippen molar-refractivity contribution in [2.45, 2.75) is 87.5 Å². The Morgan fingerprint density at radius 3 is 2.71 bits per heavy atom. The number of pyridine rings is 1. The molecule has 0 aromatic carbocycles. The van der Waals surface area contributed by atoms with E-state index >= 15 is 0 Å². The van der Waals surface area contributed by atoms with E-state index in [0.29, 0.717) is 37.7 Å². The Bertz CT molecular complexity index is 1690. The van der Waals surface area contributed by atoms with Crippen LogP contribution in [0.3, 0.4) is 0 Å². The fourth-order valence-corrected chi connectivity index (χ4v) is 6.86. The van der Waals surface area contributed by atoms with Gasteiger partial charge in [0.05, 0.1) is 36.0 Å². The van der Waals surface area contributed by atoms with Gasteiger partial charge in [-0.15, -0.1) is 0 Å². The van der Waals surface area contributed by atoms with Crippen molar-refractivity contribution < 1.29 is 23.0 Å². The molecule has 2 aliphatic carbocycles. The summed E-state index contributed by atoms with van der Waals surface area (Å²) < 4.78 is 48.7. The summed E-state index contributed by atoms with van der Waals surface area (Å²) in [5.74, 6) is -0.0134. The zero-order chi connectivity index (χ0) is 31.2. The summed E-state index contributed by atoms with van der Waals surface area (Å²) in [6.45, 7) is 1.73. The van der Waals surface area contributed by atoms with Crippen LogP contribution in [0.15, 0.2) is 43.1 Å². The number of rotatable bonds is 9. The number of ether oxygens (including phenoxy) is 1. The van der Waals surface area contributed by atoms with Crippen LogP contribution in [0.4, 0.5) is 13.2 Å². The van der Waals surface area contributed by atoms with Crippen molar-refractivity contribution in [3.05, 3.63) is 54.4 Å². The lowest BCUT2D eigenvalue weighted by Crippen LogP contribution is -2.58. The highest BCUT2D eigenvalue weighted by atomic mass is 19.4. The maximum absolute atomic E-state index is 13.6. The van der Waals surface area contributed by atoms with Crippen LogP contribution in [-0.4, -0.2) is 77.1 Å². The van der Waals surface area contributed by atoms with Gasteiger partial charge >= 0.3 is 6.18 Å². The van der Waals surface area contributed by atoms with Crippen LogP contribution >= 0.6 is 0 Å². The number of nitrogens with one attached hydrogen (secondary N) is 2. The number of piperidine rings is 1. The standard InChI is InChI=1S/C31H34F3N9O2/c32-31(33,34)26-9-19(15-37-21-11-23(44)12-21)10-27(41-26)45-24-2-7-42(8-3-24)22-13-30(14-22,4-5-35)43-17-20(16-40-43)28-25-1-6-36-29(25)39-18-38-28/h1,6,9-10,16-18,21-24,37,44H,2-4,7-8,11-15H2,(H,36,38,39)/t21-,22-,23+,30-. The molecule has 3 aliphatic rings. The number of aliphatic hydroxyl groups excluding tert-OH is 1. The van der Waals surface area contributed by atoms with Gasteiger partial charge in [0, 0.05) is 61.1 Å². The monoisotopic (exact) mass is 621 g/mol. The molecular formula is C31H34F3N9O2. The predicted octanol–water partition coefficient (Wildman–Crippen LogP) is 4.16. The number of nitriles is 1. The quantitative estimate of drug-likeness (QED) is 0.251. The molecule has 0 bridgehead atoms. The van der Waals surface area contributed by atoms with Crippen LogP contribution in [0.2, 0.25) is 0 Å². The number of aromatic amines is 1. The van der Waals surface area contributed by atoms with E-state index in [1.165, 1.54) is 6.33 Å². The van der Waals surface area contributed by atoms with Gasteiger partial charge in [-0.1, -0.05) is 0 Å². The van der Waals surface area contributed by atoms with Gasteiger partial charge in [-0.2, -0.15) is 23.5 Å². The molecule has 11 nitrogen and oxygen atoms in total. The number of alkyl halides is 3. The first-order chi connectivity index (χ1) is 21.7. The zero-order valence-corrected chi connectivity index (χ0v) is 24.5. The molecule has 2 saturated carbocycles. The number of aliphatic hydroxyl groups is 1. The van der Waals surface area contributed by atoms with E-state index < -0.39 is 17.4 Å². The van der Waals surface area contributed by atoms with Crippen LogP contribution in [-0.2, 0) is 18.3 Å². The van der Waals surface area contributed by atoms with Crippen molar-refractivity contribution in [1.82, 2.24) is 39.9 Å². The van der Waals surface area contributed by atoms with E-state index in [1.54, 1.807) is 12.3 Å². The van der Waals surface area contributed by atoms with Crippen molar-refractivity contribution in [2.75, 3.05) is 13.1 Å². The number of halogens is 3. The molecule has 0 radical (unpaired) electrons. The highest BCUT2D eigenvalue weighted by Gasteiger charge is 2.49. The number of hydrogen-bond donors (Lipinski definition) is 3. The molecular weight excluding hydrogens is 587 g/mol. The topological polar surface area (TPSA) is 141 Å². The van der Waals surface area contributed by atoms with E-state index in [4.69, 9.17) is 4.74 Å². The number of fused-ring (bicyclic) bond motifs is 1. The average Bonchev–Trinajstić information content (AvgIpc) is 3.67. The number of hydrogen-bond acceptors (Lipinski definition) is 9. The van der Waals surface area contributed by atoms with Crippen molar-refractivity contribution in [3.8, 4) is 23.2 Å². The van der Waals surface area contributed by atoms with Gasteiger partial charge in [0.15, 0.2) is 0 Å². The molecule has 4 aromatic heterocycles. The minimum atomic E-state index is -4.58. The molecule has 45 heavy (non-hydrogen) atoms. The highest BCUT2D eigenvalue weighted by Crippen LogP contribution is 2.45. The molecule has 5 heterocycles. The molecule has 0 spiro atoms. The first-order valence-electron chi connectivity index (χ1n) is 15.3. The fourth-order valence-electron chi connectivity index (χ4n) is 6.86. The van der Waals surface area contributed by atoms with Gasteiger partial charge in [0.1, 0.15) is 23.8 Å². The molecule has 3 N–H and O–H groups in total. The Balaban J connectivity index is 0.969. The molecule has 1 aliphatic heterocycles. The van der Waals surface area contributed by atoms with Crippen molar-refractivity contribution >= 4 is 11.0 Å². The third-order valence-corrected chi connectivity index (χ3v) is 9.48. The second kappa shape index (κ2) is 11.7. The van der Waals surface area contributed by atoms with Gasteiger partial charge in [0.25, 0.3) is 0 Å².